The zero-order chi connectivity index (χ0) is 26.6. The Balaban J connectivity index is 1.19. The van der Waals surface area contributed by atoms with E-state index in [9.17, 15) is 18.4 Å². The molecule has 4 aromatic rings. The summed E-state index contributed by atoms with van der Waals surface area (Å²) in [6, 6.07) is 8.28. The van der Waals surface area contributed by atoms with Crippen LogP contribution in [-0.4, -0.2) is 43.6 Å². The van der Waals surface area contributed by atoms with E-state index in [-0.39, 0.29) is 35.3 Å². The molecule has 1 aliphatic rings. The Hall–Kier alpha value is -4.81. The van der Waals surface area contributed by atoms with Crippen molar-refractivity contribution >= 4 is 40.5 Å². The number of imidazole rings is 1. The van der Waals surface area contributed by atoms with Gasteiger partial charge in [0.15, 0.2) is 17.2 Å². The van der Waals surface area contributed by atoms with Gasteiger partial charge in [0.05, 0.1) is 23.8 Å². The van der Waals surface area contributed by atoms with Crippen LogP contribution in [0.4, 0.5) is 36.5 Å². The second kappa shape index (κ2) is 10.7. The van der Waals surface area contributed by atoms with Crippen molar-refractivity contribution in [1.29, 1.82) is 0 Å². The first-order valence-electron chi connectivity index (χ1n) is 12.0. The third kappa shape index (κ3) is 5.61. The summed E-state index contributed by atoms with van der Waals surface area (Å²) in [7, 11) is 0. The number of carbonyl (C=O) groups excluding carboxylic acids is 2. The topological polar surface area (TPSA) is 151 Å². The molecule has 3 aromatic heterocycles. The van der Waals surface area contributed by atoms with Gasteiger partial charge in [-0.3, -0.25) is 9.78 Å². The van der Waals surface area contributed by atoms with E-state index in [0.717, 1.165) is 31.9 Å². The number of hydrogen-bond acceptors (Lipinski definition) is 7. The van der Waals surface area contributed by atoms with Gasteiger partial charge in [0.1, 0.15) is 11.6 Å². The van der Waals surface area contributed by atoms with Crippen molar-refractivity contribution in [1.82, 2.24) is 24.9 Å². The summed E-state index contributed by atoms with van der Waals surface area (Å²) in [4.78, 5) is 32.9. The minimum atomic E-state index is -0.664. The zero-order valence-electron chi connectivity index (χ0n) is 20.1. The third-order valence-corrected chi connectivity index (χ3v) is 6.27. The summed E-state index contributed by atoms with van der Waals surface area (Å²) in [6.45, 7) is 0. The number of fused-ring (bicyclic) bond motifs is 1. The van der Waals surface area contributed by atoms with E-state index in [4.69, 9.17) is 5.73 Å². The molecule has 3 heterocycles. The largest absolute Gasteiger partial charge is 0.396 e. The molecule has 38 heavy (non-hydrogen) atoms. The molecule has 0 spiro atoms. The Kier molecular flexibility index (Phi) is 6.98. The average molecular weight is 522 g/mol. The highest BCUT2D eigenvalue weighted by Gasteiger charge is 2.24. The number of benzene rings is 1. The molecule has 6 N–H and O–H groups in total. The molecule has 1 aromatic carbocycles. The standard InChI is InChI=1S/C25H25F2N9O2/c26-14-1-3-16(4-2-14)32-25(38)33-17-7-5-15(6-8-17)31-22-11-19(28)23-30-13-21(36(23)35-22)24(37)34-20-9-10-29-12-18(20)27/h1-4,9-13,15,17H,5-8,28H2,(H,31,35)(H,29,34,37)(H2,32,33,38). The maximum Gasteiger partial charge on any atom is 0.319 e. The molecule has 5 rings (SSSR count). The van der Waals surface area contributed by atoms with Gasteiger partial charge >= 0.3 is 6.03 Å². The van der Waals surface area contributed by atoms with Crippen molar-refractivity contribution in [2.45, 2.75) is 37.8 Å². The highest BCUT2D eigenvalue weighted by molar-refractivity contribution is 6.03. The summed E-state index contributed by atoms with van der Waals surface area (Å²) in [5.41, 5.74) is 7.37. The Morgan fingerprint density at radius 1 is 0.974 bits per heavy atom. The molecule has 0 aliphatic heterocycles. The van der Waals surface area contributed by atoms with E-state index in [1.165, 1.54) is 47.2 Å². The second-order valence-corrected chi connectivity index (χ2v) is 8.97. The highest BCUT2D eigenvalue weighted by Crippen LogP contribution is 2.24. The summed E-state index contributed by atoms with van der Waals surface area (Å²) in [6.07, 6.45) is 6.70. The van der Waals surface area contributed by atoms with Gasteiger partial charge in [0.25, 0.3) is 5.91 Å². The second-order valence-electron chi connectivity index (χ2n) is 8.97. The average Bonchev–Trinajstić information content (AvgIpc) is 3.33. The number of nitrogens with zero attached hydrogens (tertiary/aromatic N) is 4. The number of halogens is 2. The van der Waals surface area contributed by atoms with Gasteiger partial charge < -0.3 is 27.0 Å². The number of anilines is 4. The lowest BCUT2D eigenvalue weighted by atomic mass is 9.91. The van der Waals surface area contributed by atoms with Crippen LogP contribution in [0.2, 0.25) is 0 Å². The first-order valence-corrected chi connectivity index (χ1v) is 12.0. The van der Waals surface area contributed by atoms with Gasteiger partial charge in [-0.15, -0.1) is 5.10 Å². The molecule has 0 atom stereocenters. The number of pyridine rings is 1. The molecule has 13 heteroatoms. The summed E-state index contributed by atoms with van der Waals surface area (Å²) < 4.78 is 28.3. The quantitative estimate of drug-likeness (QED) is 0.259. The minimum absolute atomic E-state index is 0.00784. The Morgan fingerprint density at radius 3 is 2.45 bits per heavy atom. The molecule has 1 fully saturated rings. The van der Waals surface area contributed by atoms with Crippen LogP contribution in [-0.2, 0) is 0 Å². The lowest BCUT2D eigenvalue weighted by Gasteiger charge is -2.30. The molecule has 0 unspecified atom stereocenters. The van der Waals surface area contributed by atoms with Crippen molar-refractivity contribution in [3.8, 4) is 0 Å². The molecular formula is C25H25F2N9O2. The Labute approximate surface area is 215 Å². The van der Waals surface area contributed by atoms with Crippen molar-refractivity contribution < 1.29 is 18.4 Å². The Bertz CT molecular complexity index is 1470. The van der Waals surface area contributed by atoms with Crippen LogP contribution in [0, 0.1) is 11.6 Å². The number of nitrogen functional groups attached to an aromatic ring is 1. The fourth-order valence-corrected chi connectivity index (χ4v) is 4.36. The number of nitrogens with two attached hydrogens (primary N) is 1. The summed E-state index contributed by atoms with van der Waals surface area (Å²) >= 11 is 0. The number of urea groups is 1. The predicted molar refractivity (Wildman–Crippen MR) is 138 cm³/mol. The highest BCUT2D eigenvalue weighted by atomic mass is 19.1. The molecular weight excluding hydrogens is 496 g/mol. The fraction of sp³-hybridized carbons (Fsp3) is 0.240. The van der Waals surface area contributed by atoms with Crippen molar-refractivity contribution in [3.05, 3.63) is 72.3 Å². The normalized spacial score (nSPS) is 17.1. The maximum atomic E-state index is 13.9. The molecule has 0 radical (unpaired) electrons. The number of carbonyl (C=O) groups is 2. The van der Waals surface area contributed by atoms with E-state index in [2.05, 4.69) is 36.3 Å². The molecule has 11 nitrogen and oxygen atoms in total. The zero-order valence-corrected chi connectivity index (χ0v) is 20.1. The number of nitrogens with one attached hydrogen (secondary N) is 4. The van der Waals surface area contributed by atoms with Crippen LogP contribution in [0.5, 0.6) is 0 Å². The summed E-state index contributed by atoms with van der Waals surface area (Å²) in [5, 5.41) is 16.0. The molecule has 1 saturated carbocycles. The van der Waals surface area contributed by atoms with Crippen LogP contribution in [0.25, 0.3) is 5.65 Å². The molecule has 3 amide bonds. The minimum Gasteiger partial charge on any atom is -0.396 e. The van der Waals surface area contributed by atoms with Gasteiger partial charge in [0, 0.05) is 30.0 Å². The van der Waals surface area contributed by atoms with Gasteiger partial charge in [-0.2, -0.15) is 0 Å². The van der Waals surface area contributed by atoms with Crippen molar-refractivity contribution in [2.24, 2.45) is 0 Å². The number of hydrogen-bond donors (Lipinski definition) is 5. The molecule has 0 bridgehead atoms. The number of amides is 3. The molecule has 196 valence electrons. The smallest absolute Gasteiger partial charge is 0.319 e. The lowest BCUT2D eigenvalue weighted by molar-refractivity contribution is 0.102. The monoisotopic (exact) mass is 521 g/mol. The van der Waals surface area contributed by atoms with E-state index in [1.54, 1.807) is 6.07 Å². The number of aromatic nitrogens is 4. The van der Waals surface area contributed by atoms with Crippen LogP contribution in [0.3, 0.4) is 0 Å². The predicted octanol–water partition coefficient (Wildman–Crippen LogP) is 3.78. The van der Waals surface area contributed by atoms with Crippen molar-refractivity contribution in [3.63, 3.8) is 0 Å². The van der Waals surface area contributed by atoms with Crippen LogP contribution >= 0.6 is 0 Å². The van der Waals surface area contributed by atoms with E-state index in [0.29, 0.717) is 22.8 Å². The molecule has 0 saturated heterocycles. The van der Waals surface area contributed by atoms with Crippen LogP contribution in [0.15, 0.2) is 55.0 Å². The molecule has 1 aliphatic carbocycles. The van der Waals surface area contributed by atoms with Crippen molar-refractivity contribution in [2.75, 3.05) is 21.7 Å². The third-order valence-electron chi connectivity index (χ3n) is 6.27. The Morgan fingerprint density at radius 2 is 1.71 bits per heavy atom. The SMILES string of the molecule is Nc1cc(NC2CCC(NC(=O)Nc3ccc(F)cc3)CC2)nn2c(C(=O)Nc3ccncc3F)cnc12. The fourth-order valence-electron chi connectivity index (χ4n) is 4.36. The first kappa shape index (κ1) is 24.9. The van der Waals surface area contributed by atoms with Crippen LogP contribution in [0.1, 0.15) is 36.2 Å². The summed E-state index contributed by atoms with van der Waals surface area (Å²) in [5.74, 6) is -1.17. The van der Waals surface area contributed by atoms with E-state index >= 15 is 0 Å². The van der Waals surface area contributed by atoms with Gasteiger partial charge in [-0.1, -0.05) is 0 Å². The lowest BCUT2D eigenvalue weighted by Crippen LogP contribution is -2.42. The maximum absolute atomic E-state index is 13.9. The number of rotatable bonds is 6. The van der Waals surface area contributed by atoms with Gasteiger partial charge in [0.2, 0.25) is 0 Å². The van der Waals surface area contributed by atoms with E-state index in [1.807, 2.05) is 0 Å². The first-order chi connectivity index (χ1) is 18.4. The van der Waals surface area contributed by atoms with E-state index < -0.39 is 11.7 Å². The van der Waals surface area contributed by atoms with Gasteiger partial charge in [-0.25, -0.2) is 23.1 Å². The van der Waals surface area contributed by atoms with Crippen LogP contribution < -0.4 is 27.0 Å². The van der Waals surface area contributed by atoms with Gasteiger partial charge in [-0.05, 0) is 56.0 Å².